The zero-order valence-electron chi connectivity index (χ0n) is 12.8. The van der Waals surface area contributed by atoms with E-state index in [1.165, 1.54) is 0 Å². The number of para-hydroxylation sites is 1. The number of amides is 2. The fourth-order valence-electron chi connectivity index (χ4n) is 2.65. The lowest BCUT2D eigenvalue weighted by molar-refractivity contribution is -0.122. The van der Waals surface area contributed by atoms with Gasteiger partial charge in [-0.1, -0.05) is 41.4 Å². The normalized spacial score (nSPS) is 17.4. The van der Waals surface area contributed by atoms with E-state index in [2.05, 4.69) is 5.32 Å². The van der Waals surface area contributed by atoms with Crippen LogP contribution in [0, 0.1) is 12.8 Å². The monoisotopic (exact) mass is 328 g/mol. The van der Waals surface area contributed by atoms with Crippen LogP contribution in [0.2, 0.25) is 5.02 Å². The Bertz CT molecular complexity index is 743. The molecule has 3 rings (SSSR count). The largest absolute Gasteiger partial charge is 0.324 e. The Morgan fingerprint density at radius 3 is 2.57 bits per heavy atom. The minimum atomic E-state index is -0.375. The van der Waals surface area contributed by atoms with E-state index >= 15 is 0 Å². The summed E-state index contributed by atoms with van der Waals surface area (Å²) in [4.78, 5) is 26.3. The Morgan fingerprint density at radius 2 is 1.87 bits per heavy atom. The van der Waals surface area contributed by atoms with Gasteiger partial charge in [0.05, 0.1) is 16.6 Å². The minimum Gasteiger partial charge on any atom is -0.324 e. The van der Waals surface area contributed by atoms with Gasteiger partial charge in [-0.2, -0.15) is 0 Å². The molecule has 1 heterocycles. The Morgan fingerprint density at radius 1 is 1.17 bits per heavy atom. The van der Waals surface area contributed by atoms with Crippen LogP contribution in [0.15, 0.2) is 48.5 Å². The first-order valence-electron chi connectivity index (χ1n) is 7.47. The average molecular weight is 329 g/mol. The molecule has 118 valence electrons. The van der Waals surface area contributed by atoms with E-state index in [0.29, 0.717) is 17.3 Å². The van der Waals surface area contributed by atoms with E-state index in [1.807, 2.05) is 31.2 Å². The predicted octanol–water partition coefficient (Wildman–Crippen LogP) is 3.64. The van der Waals surface area contributed by atoms with Crippen LogP contribution in [0.4, 0.5) is 11.4 Å². The maximum absolute atomic E-state index is 12.4. The summed E-state index contributed by atoms with van der Waals surface area (Å²) in [5.74, 6) is -0.589. The van der Waals surface area contributed by atoms with Crippen molar-refractivity contribution in [2.24, 2.45) is 5.92 Å². The summed E-state index contributed by atoms with van der Waals surface area (Å²) in [6.07, 6.45) is 0.212. The van der Waals surface area contributed by atoms with E-state index in [-0.39, 0.29) is 24.2 Å². The van der Waals surface area contributed by atoms with Gasteiger partial charge in [-0.25, -0.2) is 0 Å². The fraction of sp³-hybridized carbons (Fsp3) is 0.222. The Labute approximate surface area is 140 Å². The molecule has 1 fully saturated rings. The van der Waals surface area contributed by atoms with Gasteiger partial charge in [-0.05, 0) is 31.2 Å². The van der Waals surface area contributed by atoms with Gasteiger partial charge in [-0.3, -0.25) is 9.59 Å². The van der Waals surface area contributed by atoms with Gasteiger partial charge in [0, 0.05) is 18.7 Å². The van der Waals surface area contributed by atoms with E-state index in [4.69, 9.17) is 11.6 Å². The second kappa shape index (κ2) is 6.42. The van der Waals surface area contributed by atoms with Crippen molar-refractivity contribution < 1.29 is 9.59 Å². The van der Waals surface area contributed by atoms with Crippen LogP contribution in [0.3, 0.4) is 0 Å². The van der Waals surface area contributed by atoms with Crippen LogP contribution in [0.1, 0.15) is 12.0 Å². The Kier molecular flexibility index (Phi) is 4.35. The highest BCUT2D eigenvalue weighted by Crippen LogP contribution is 2.27. The highest BCUT2D eigenvalue weighted by Gasteiger charge is 2.35. The molecule has 1 aliphatic heterocycles. The molecule has 0 aliphatic carbocycles. The number of nitrogens with one attached hydrogen (secondary N) is 1. The number of carbonyl (C=O) groups excluding carboxylic acids is 2. The summed E-state index contributed by atoms with van der Waals surface area (Å²) in [6.45, 7) is 2.38. The van der Waals surface area contributed by atoms with Gasteiger partial charge < -0.3 is 10.2 Å². The number of carbonyl (C=O) groups is 2. The molecule has 2 amide bonds. The Hall–Kier alpha value is -2.33. The van der Waals surface area contributed by atoms with Crippen LogP contribution < -0.4 is 10.2 Å². The third-order valence-electron chi connectivity index (χ3n) is 3.97. The molecular formula is C18H17ClN2O2. The van der Waals surface area contributed by atoms with Gasteiger partial charge >= 0.3 is 0 Å². The van der Waals surface area contributed by atoms with Gasteiger partial charge in [0.1, 0.15) is 0 Å². The van der Waals surface area contributed by atoms with Crippen molar-refractivity contribution in [3.8, 4) is 0 Å². The fourth-order valence-corrected chi connectivity index (χ4v) is 2.84. The number of aryl methyl sites for hydroxylation is 1. The van der Waals surface area contributed by atoms with Crippen molar-refractivity contribution in [2.45, 2.75) is 13.3 Å². The Balaban J connectivity index is 1.71. The second-order valence-corrected chi connectivity index (χ2v) is 6.12. The standard InChI is InChI=1S/C18H17ClN2O2/c1-12-6-8-14(9-7-12)21-11-13(10-17(21)22)18(23)20-16-5-3-2-4-15(16)19/h2-9,13H,10-11H2,1H3,(H,20,23). The lowest BCUT2D eigenvalue weighted by Crippen LogP contribution is -2.28. The zero-order valence-corrected chi connectivity index (χ0v) is 13.5. The lowest BCUT2D eigenvalue weighted by Gasteiger charge is -2.17. The molecule has 5 heteroatoms. The first-order valence-corrected chi connectivity index (χ1v) is 7.85. The molecule has 1 saturated heterocycles. The molecule has 1 N–H and O–H groups in total. The van der Waals surface area contributed by atoms with Crippen molar-refractivity contribution in [3.63, 3.8) is 0 Å². The van der Waals surface area contributed by atoms with E-state index in [1.54, 1.807) is 29.2 Å². The number of nitrogens with zero attached hydrogens (tertiary/aromatic N) is 1. The van der Waals surface area contributed by atoms with Crippen molar-refractivity contribution in [3.05, 3.63) is 59.1 Å². The van der Waals surface area contributed by atoms with Crippen molar-refractivity contribution in [2.75, 3.05) is 16.8 Å². The SMILES string of the molecule is Cc1ccc(N2CC(C(=O)Nc3ccccc3Cl)CC2=O)cc1. The van der Waals surface area contributed by atoms with Crippen molar-refractivity contribution >= 4 is 34.8 Å². The van der Waals surface area contributed by atoms with Crippen LogP contribution >= 0.6 is 11.6 Å². The summed E-state index contributed by atoms with van der Waals surface area (Å²) in [6, 6.07) is 14.8. The van der Waals surface area contributed by atoms with Crippen LogP contribution in [0.25, 0.3) is 0 Å². The van der Waals surface area contributed by atoms with Gasteiger partial charge in [0.25, 0.3) is 0 Å². The summed E-state index contributed by atoms with van der Waals surface area (Å²) >= 11 is 6.05. The second-order valence-electron chi connectivity index (χ2n) is 5.71. The highest BCUT2D eigenvalue weighted by molar-refractivity contribution is 6.33. The number of halogens is 1. The molecule has 1 unspecified atom stereocenters. The molecule has 0 bridgehead atoms. The third-order valence-corrected chi connectivity index (χ3v) is 4.30. The van der Waals surface area contributed by atoms with Crippen LogP contribution in [-0.2, 0) is 9.59 Å². The maximum atomic E-state index is 12.4. The molecule has 0 saturated carbocycles. The van der Waals surface area contributed by atoms with Gasteiger partial charge in [0.15, 0.2) is 0 Å². The summed E-state index contributed by atoms with van der Waals surface area (Å²) < 4.78 is 0. The molecule has 1 aliphatic rings. The van der Waals surface area contributed by atoms with E-state index in [0.717, 1.165) is 11.3 Å². The minimum absolute atomic E-state index is 0.0341. The van der Waals surface area contributed by atoms with Crippen LogP contribution in [0.5, 0.6) is 0 Å². The lowest BCUT2D eigenvalue weighted by atomic mass is 10.1. The first-order chi connectivity index (χ1) is 11.0. The molecular weight excluding hydrogens is 312 g/mol. The quantitative estimate of drug-likeness (QED) is 0.935. The average Bonchev–Trinajstić information content (AvgIpc) is 2.92. The van der Waals surface area contributed by atoms with Gasteiger partial charge in [0.2, 0.25) is 11.8 Å². The molecule has 0 radical (unpaired) electrons. The number of anilines is 2. The summed E-state index contributed by atoms with van der Waals surface area (Å²) in [5, 5.41) is 3.29. The van der Waals surface area contributed by atoms with Crippen LogP contribution in [-0.4, -0.2) is 18.4 Å². The number of rotatable bonds is 3. The summed E-state index contributed by atoms with van der Waals surface area (Å²) in [7, 11) is 0. The number of hydrogen-bond acceptors (Lipinski definition) is 2. The van der Waals surface area contributed by atoms with Crippen molar-refractivity contribution in [1.82, 2.24) is 0 Å². The molecule has 23 heavy (non-hydrogen) atoms. The smallest absolute Gasteiger partial charge is 0.229 e. The molecule has 0 aromatic heterocycles. The van der Waals surface area contributed by atoms with E-state index < -0.39 is 0 Å². The molecule has 4 nitrogen and oxygen atoms in total. The molecule has 2 aromatic rings. The first kappa shape index (κ1) is 15.6. The molecule has 1 atom stereocenters. The zero-order chi connectivity index (χ0) is 16.4. The molecule has 2 aromatic carbocycles. The number of hydrogen-bond donors (Lipinski definition) is 1. The maximum Gasteiger partial charge on any atom is 0.229 e. The topological polar surface area (TPSA) is 49.4 Å². The third kappa shape index (κ3) is 3.37. The van der Waals surface area contributed by atoms with E-state index in [9.17, 15) is 9.59 Å². The van der Waals surface area contributed by atoms with Crippen molar-refractivity contribution in [1.29, 1.82) is 0 Å². The van der Waals surface area contributed by atoms with Gasteiger partial charge in [-0.15, -0.1) is 0 Å². The summed E-state index contributed by atoms with van der Waals surface area (Å²) in [5.41, 5.74) is 2.53. The highest BCUT2D eigenvalue weighted by atomic mass is 35.5. The number of benzene rings is 2. The predicted molar refractivity (Wildman–Crippen MR) is 91.7 cm³/mol. The molecule has 0 spiro atoms.